The molecular formula is C16H15BrClN3O3. The van der Waals surface area contributed by atoms with E-state index in [0.717, 1.165) is 12.0 Å². The van der Waals surface area contributed by atoms with Crippen LogP contribution >= 0.6 is 27.5 Å². The molecule has 0 saturated carbocycles. The number of nitrogens with one attached hydrogen (secondary N) is 2. The summed E-state index contributed by atoms with van der Waals surface area (Å²) < 4.78 is 6.06. The van der Waals surface area contributed by atoms with E-state index in [1.165, 1.54) is 12.3 Å². The first kappa shape index (κ1) is 18.2. The summed E-state index contributed by atoms with van der Waals surface area (Å²) in [4.78, 5) is 27.6. The first-order valence-electron chi connectivity index (χ1n) is 7.12. The fourth-order valence-corrected chi connectivity index (χ4v) is 2.41. The third-order valence-corrected chi connectivity index (χ3v) is 3.81. The molecule has 0 spiro atoms. The zero-order valence-electron chi connectivity index (χ0n) is 12.8. The molecule has 6 nitrogen and oxygen atoms in total. The average molecular weight is 413 g/mol. The number of pyridine rings is 1. The molecule has 24 heavy (non-hydrogen) atoms. The van der Waals surface area contributed by atoms with Gasteiger partial charge in [0.15, 0.2) is 6.61 Å². The third kappa shape index (κ3) is 4.94. The molecule has 1 aromatic carbocycles. The number of halogens is 2. The number of benzene rings is 1. The van der Waals surface area contributed by atoms with Gasteiger partial charge in [0.05, 0.1) is 5.56 Å². The van der Waals surface area contributed by atoms with Gasteiger partial charge in [-0.3, -0.25) is 20.4 Å². The number of carbonyl (C=O) groups is 2. The number of hydrazine groups is 1. The van der Waals surface area contributed by atoms with Crippen LogP contribution in [0.3, 0.4) is 0 Å². The molecule has 1 aromatic heterocycles. The SMILES string of the molecule is CCc1ccccc1OCC(=O)NNC(=O)c1cc(Br)cnc1Cl. The monoisotopic (exact) mass is 411 g/mol. The van der Waals surface area contributed by atoms with E-state index < -0.39 is 11.8 Å². The summed E-state index contributed by atoms with van der Waals surface area (Å²) in [6, 6.07) is 8.96. The molecule has 2 rings (SSSR count). The molecule has 0 aliphatic carbocycles. The summed E-state index contributed by atoms with van der Waals surface area (Å²) >= 11 is 9.05. The Hall–Kier alpha value is -2.12. The lowest BCUT2D eigenvalue weighted by Crippen LogP contribution is -2.44. The lowest BCUT2D eigenvalue weighted by molar-refractivity contribution is -0.123. The smallest absolute Gasteiger partial charge is 0.276 e. The summed E-state index contributed by atoms with van der Waals surface area (Å²) in [5.41, 5.74) is 5.68. The van der Waals surface area contributed by atoms with Gasteiger partial charge in [0.1, 0.15) is 10.9 Å². The first-order valence-corrected chi connectivity index (χ1v) is 8.29. The standard InChI is InChI=1S/C16H15BrClN3O3/c1-2-10-5-3-4-6-13(10)24-9-14(22)20-21-16(23)12-7-11(17)8-19-15(12)18/h3-8H,2,9H2,1H3,(H,20,22)(H,21,23). The van der Waals surface area contributed by atoms with Gasteiger partial charge in [0.25, 0.3) is 11.8 Å². The quantitative estimate of drug-likeness (QED) is 0.584. The third-order valence-electron chi connectivity index (χ3n) is 3.08. The Morgan fingerprint density at radius 1 is 1.29 bits per heavy atom. The van der Waals surface area contributed by atoms with Crippen molar-refractivity contribution in [2.45, 2.75) is 13.3 Å². The number of rotatable bonds is 5. The minimum Gasteiger partial charge on any atom is -0.483 e. The summed E-state index contributed by atoms with van der Waals surface area (Å²) in [7, 11) is 0. The minimum absolute atomic E-state index is 0.0399. The Morgan fingerprint density at radius 3 is 2.79 bits per heavy atom. The van der Waals surface area contributed by atoms with Crippen LogP contribution in [0.1, 0.15) is 22.8 Å². The molecule has 0 aliphatic heterocycles. The van der Waals surface area contributed by atoms with E-state index in [-0.39, 0.29) is 17.3 Å². The number of nitrogens with zero attached hydrogens (tertiary/aromatic N) is 1. The number of aromatic nitrogens is 1. The van der Waals surface area contributed by atoms with Crippen LogP contribution in [0.5, 0.6) is 5.75 Å². The van der Waals surface area contributed by atoms with Crippen LogP contribution in [0.4, 0.5) is 0 Å². The number of amides is 2. The number of hydrogen-bond acceptors (Lipinski definition) is 4. The van der Waals surface area contributed by atoms with Gasteiger partial charge in [0.2, 0.25) is 0 Å². The van der Waals surface area contributed by atoms with Gasteiger partial charge in [-0.05, 0) is 40.0 Å². The lowest BCUT2D eigenvalue weighted by Gasteiger charge is -2.11. The maximum absolute atomic E-state index is 12.0. The first-order chi connectivity index (χ1) is 11.5. The minimum atomic E-state index is -0.573. The highest BCUT2D eigenvalue weighted by Gasteiger charge is 2.13. The second-order valence-corrected chi connectivity index (χ2v) is 6.02. The molecule has 0 aliphatic rings. The number of aryl methyl sites for hydroxylation is 1. The van der Waals surface area contributed by atoms with E-state index in [4.69, 9.17) is 16.3 Å². The van der Waals surface area contributed by atoms with Crippen LogP contribution in [0.15, 0.2) is 41.0 Å². The number of para-hydroxylation sites is 1. The zero-order valence-corrected chi connectivity index (χ0v) is 15.1. The molecule has 2 aromatic rings. The van der Waals surface area contributed by atoms with E-state index in [0.29, 0.717) is 10.2 Å². The highest BCUT2D eigenvalue weighted by atomic mass is 79.9. The average Bonchev–Trinajstić information content (AvgIpc) is 2.60. The molecule has 0 saturated heterocycles. The van der Waals surface area contributed by atoms with Gasteiger partial charge >= 0.3 is 0 Å². The highest BCUT2D eigenvalue weighted by molar-refractivity contribution is 9.10. The van der Waals surface area contributed by atoms with E-state index in [9.17, 15) is 9.59 Å². The van der Waals surface area contributed by atoms with Gasteiger partial charge < -0.3 is 4.74 Å². The molecule has 2 amide bonds. The van der Waals surface area contributed by atoms with Crippen molar-refractivity contribution in [3.05, 3.63) is 57.3 Å². The number of hydrogen-bond donors (Lipinski definition) is 2. The Balaban J connectivity index is 1.87. The van der Waals surface area contributed by atoms with Crippen LogP contribution in [-0.2, 0) is 11.2 Å². The molecule has 0 unspecified atom stereocenters. The molecule has 0 fully saturated rings. The molecule has 1 heterocycles. The predicted octanol–water partition coefficient (Wildman–Crippen LogP) is 2.90. The highest BCUT2D eigenvalue weighted by Crippen LogP contribution is 2.18. The molecule has 0 bridgehead atoms. The maximum Gasteiger partial charge on any atom is 0.276 e. The molecule has 2 N–H and O–H groups in total. The Bertz CT molecular complexity index is 755. The van der Waals surface area contributed by atoms with Crippen molar-refractivity contribution in [3.8, 4) is 5.75 Å². The topological polar surface area (TPSA) is 80.3 Å². The van der Waals surface area contributed by atoms with Crippen molar-refractivity contribution in [1.82, 2.24) is 15.8 Å². The fraction of sp³-hybridized carbons (Fsp3) is 0.188. The van der Waals surface area contributed by atoms with E-state index in [1.54, 1.807) is 6.07 Å². The van der Waals surface area contributed by atoms with Gasteiger partial charge in [0, 0.05) is 10.7 Å². The molecule has 0 radical (unpaired) electrons. The number of carbonyl (C=O) groups excluding carboxylic acids is 2. The maximum atomic E-state index is 12.0. The number of ether oxygens (including phenoxy) is 1. The summed E-state index contributed by atoms with van der Waals surface area (Å²) in [6.45, 7) is 1.78. The normalized spacial score (nSPS) is 10.1. The fourth-order valence-electron chi connectivity index (χ4n) is 1.89. The van der Waals surface area contributed by atoms with Crippen LogP contribution in [0.2, 0.25) is 5.15 Å². The van der Waals surface area contributed by atoms with E-state index >= 15 is 0 Å². The Morgan fingerprint density at radius 2 is 2.04 bits per heavy atom. The second-order valence-electron chi connectivity index (χ2n) is 4.74. The Labute approximate surface area is 152 Å². The second kappa shape index (κ2) is 8.65. The van der Waals surface area contributed by atoms with Crippen LogP contribution < -0.4 is 15.6 Å². The molecule has 126 valence electrons. The summed E-state index contributed by atoms with van der Waals surface area (Å²) in [6.07, 6.45) is 2.26. The van der Waals surface area contributed by atoms with Crippen molar-refractivity contribution in [1.29, 1.82) is 0 Å². The van der Waals surface area contributed by atoms with Crippen LogP contribution in [0, 0.1) is 0 Å². The van der Waals surface area contributed by atoms with Gasteiger partial charge in [-0.25, -0.2) is 4.98 Å². The lowest BCUT2D eigenvalue weighted by atomic mass is 10.1. The van der Waals surface area contributed by atoms with Crippen molar-refractivity contribution >= 4 is 39.3 Å². The van der Waals surface area contributed by atoms with Crippen molar-refractivity contribution < 1.29 is 14.3 Å². The van der Waals surface area contributed by atoms with Crippen molar-refractivity contribution in [3.63, 3.8) is 0 Å². The van der Waals surface area contributed by atoms with Crippen molar-refractivity contribution in [2.75, 3.05) is 6.61 Å². The largest absolute Gasteiger partial charge is 0.483 e. The zero-order chi connectivity index (χ0) is 17.5. The predicted molar refractivity (Wildman–Crippen MR) is 93.9 cm³/mol. The molecule has 8 heteroatoms. The van der Waals surface area contributed by atoms with E-state index in [2.05, 4.69) is 31.8 Å². The van der Waals surface area contributed by atoms with Gasteiger partial charge in [-0.1, -0.05) is 36.7 Å². The summed E-state index contributed by atoms with van der Waals surface area (Å²) in [5.74, 6) is -0.426. The van der Waals surface area contributed by atoms with Crippen LogP contribution in [-0.4, -0.2) is 23.4 Å². The molecular weight excluding hydrogens is 398 g/mol. The summed E-state index contributed by atoms with van der Waals surface area (Å²) in [5, 5.41) is 0.0399. The van der Waals surface area contributed by atoms with Crippen molar-refractivity contribution in [2.24, 2.45) is 0 Å². The van der Waals surface area contributed by atoms with Gasteiger partial charge in [-0.2, -0.15) is 0 Å². The van der Waals surface area contributed by atoms with E-state index in [1.807, 2.05) is 25.1 Å². The molecule has 0 atom stereocenters. The van der Waals surface area contributed by atoms with Crippen LogP contribution in [0.25, 0.3) is 0 Å². The van der Waals surface area contributed by atoms with Gasteiger partial charge in [-0.15, -0.1) is 0 Å². The Kier molecular flexibility index (Phi) is 6.57.